The molecule has 0 fully saturated rings. The van der Waals surface area contributed by atoms with E-state index in [1.165, 1.54) is 10.9 Å². The number of nitrogens with zero attached hydrogens (tertiary/aromatic N) is 1. The molecule has 0 radical (unpaired) electrons. The van der Waals surface area contributed by atoms with Crippen LogP contribution < -0.4 is 0 Å². The average molecular weight is 470 g/mol. The van der Waals surface area contributed by atoms with E-state index in [0.717, 1.165) is 26.6 Å². The maximum atomic E-state index is 4.73. The molecule has 3 rings (SSSR count). The lowest BCUT2D eigenvalue weighted by Gasteiger charge is -2.12. The van der Waals surface area contributed by atoms with Gasteiger partial charge >= 0.3 is 0 Å². The summed E-state index contributed by atoms with van der Waals surface area (Å²) >= 11 is 10.9. The zero-order chi connectivity index (χ0) is 14.8. The second-order valence-corrected chi connectivity index (χ2v) is 7.71. The number of halogens is 3. The van der Waals surface area contributed by atoms with Gasteiger partial charge < -0.3 is 0 Å². The van der Waals surface area contributed by atoms with Crippen molar-refractivity contribution in [1.82, 2.24) is 4.98 Å². The van der Waals surface area contributed by atoms with E-state index < -0.39 is 0 Å². The zero-order valence-corrected chi connectivity index (χ0v) is 15.8. The summed E-state index contributed by atoms with van der Waals surface area (Å²) in [6.07, 6.45) is 0.852. The summed E-state index contributed by atoms with van der Waals surface area (Å²) < 4.78 is 2.17. The molecule has 21 heavy (non-hydrogen) atoms. The van der Waals surface area contributed by atoms with E-state index >= 15 is 0 Å². The Hall–Kier alpha value is -0.710. The number of aromatic nitrogens is 1. The second-order valence-electron chi connectivity index (χ2n) is 4.83. The molecule has 0 aliphatic carbocycles. The Morgan fingerprint density at radius 3 is 2.57 bits per heavy atom. The molecule has 4 heteroatoms. The first-order valence-corrected chi connectivity index (χ1v) is 9.07. The van der Waals surface area contributed by atoms with Crippen LogP contribution in [0.3, 0.4) is 0 Å². The smallest absolute Gasteiger partial charge is 0.0705 e. The highest BCUT2D eigenvalue weighted by molar-refractivity contribution is 9.11. The number of benzene rings is 2. The molecule has 1 unspecified atom stereocenters. The second kappa shape index (κ2) is 6.59. The number of fused-ring (bicyclic) bond motifs is 1. The Balaban J connectivity index is 1.87. The molecule has 0 saturated heterocycles. The van der Waals surface area contributed by atoms with Gasteiger partial charge in [0.05, 0.1) is 5.52 Å². The first-order chi connectivity index (χ1) is 10.1. The minimum atomic E-state index is 0.230. The van der Waals surface area contributed by atoms with Gasteiger partial charge in [0, 0.05) is 31.3 Å². The molecule has 0 aliphatic heterocycles. The molecular formula is C17H12Br3N. The lowest BCUT2D eigenvalue weighted by molar-refractivity contribution is 0.908. The SMILES string of the molecule is Brc1ccc(C(Br)Cc2ccc3ccccc3n2)c(Br)c1. The van der Waals surface area contributed by atoms with E-state index in [1.807, 2.05) is 12.1 Å². The number of para-hydroxylation sites is 1. The molecular weight excluding hydrogens is 458 g/mol. The quantitative estimate of drug-likeness (QED) is 0.402. The minimum Gasteiger partial charge on any atom is -0.253 e. The van der Waals surface area contributed by atoms with Crippen LogP contribution in [0.2, 0.25) is 0 Å². The van der Waals surface area contributed by atoms with Crippen LogP contribution in [0.15, 0.2) is 63.5 Å². The van der Waals surface area contributed by atoms with Gasteiger partial charge in [-0.05, 0) is 29.8 Å². The Kier molecular flexibility index (Phi) is 4.77. The molecule has 0 saturated carbocycles. The molecule has 0 bridgehead atoms. The maximum Gasteiger partial charge on any atom is 0.0705 e. The number of hydrogen-bond acceptors (Lipinski definition) is 1. The maximum absolute atomic E-state index is 4.73. The molecule has 0 spiro atoms. The summed E-state index contributed by atoms with van der Waals surface area (Å²) in [6, 6.07) is 18.7. The fourth-order valence-electron chi connectivity index (χ4n) is 2.27. The third-order valence-electron chi connectivity index (χ3n) is 3.34. The molecule has 0 aliphatic rings. The highest BCUT2D eigenvalue weighted by Crippen LogP contribution is 2.34. The first-order valence-electron chi connectivity index (χ1n) is 6.57. The van der Waals surface area contributed by atoms with E-state index in [4.69, 9.17) is 4.98 Å². The molecule has 0 amide bonds. The molecule has 106 valence electrons. The summed E-state index contributed by atoms with van der Waals surface area (Å²) in [5, 5.41) is 1.18. The Morgan fingerprint density at radius 1 is 0.952 bits per heavy atom. The Labute approximate surface area is 149 Å². The number of hydrogen-bond donors (Lipinski definition) is 0. The van der Waals surface area contributed by atoms with E-state index in [2.05, 4.69) is 90.3 Å². The fraction of sp³-hybridized carbons (Fsp3) is 0.118. The summed E-state index contributed by atoms with van der Waals surface area (Å²) in [4.78, 5) is 4.96. The highest BCUT2D eigenvalue weighted by Gasteiger charge is 2.13. The number of alkyl halides is 1. The van der Waals surface area contributed by atoms with Gasteiger partial charge in [0.2, 0.25) is 0 Å². The van der Waals surface area contributed by atoms with Crippen molar-refractivity contribution in [2.45, 2.75) is 11.2 Å². The van der Waals surface area contributed by atoms with Gasteiger partial charge in [-0.3, -0.25) is 4.98 Å². The molecule has 0 N–H and O–H groups in total. The lowest BCUT2D eigenvalue weighted by Crippen LogP contribution is -1.99. The van der Waals surface area contributed by atoms with Crippen LogP contribution in [0.25, 0.3) is 10.9 Å². The average Bonchev–Trinajstić information content (AvgIpc) is 2.47. The third kappa shape index (κ3) is 3.55. The van der Waals surface area contributed by atoms with Gasteiger partial charge in [-0.2, -0.15) is 0 Å². The molecule has 1 nitrogen and oxygen atoms in total. The van der Waals surface area contributed by atoms with E-state index in [9.17, 15) is 0 Å². The van der Waals surface area contributed by atoms with Crippen molar-refractivity contribution in [1.29, 1.82) is 0 Å². The predicted octanol–water partition coefficient (Wildman–Crippen LogP) is 6.44. The van der Waals surface area contributed by atoms with Crippen LogP contribution in [-0.2, 0) is 6.42 Å². The largest absolute Gasteiger partial charge is 0.253 e. The summed E-state index contributed by atoms with van der Waals surface area (Å²) in [5.41, 5.74) is 3.36. The summed E-state index contributed by atoms with van der Waals surface area (Å²) in [7, 11) is 0. The van der Waals surface area contributed by atoms with Gasteiger partial charge in [0.15, 0.2) is 0 Å². The van der Waals surface area contributed by atoms with Crippen molar-refractivity contribution in [2.24, 2.45) is 0 Å². The van der Waals surface area contributed by atoms with Crippen LogP contribution in [-0.4, -0.2) is 4.98 Å². The van der Waals surface area contributed by atoms with Crippen LogP contribution in [0.5, 0.6) is 0 Å². The van der Waals surface area contributed by atoms with Gasteiger partial charge in [0.25, 0.3) is 0 Å². The van der Waals surface area contributed by atoms with Crippen molar-refractivity contribution in [3.05, 3.63) is 74.8 Å². The van der Waals surface area contributed by atoms with Crippen molar-refractivity contribution in [3.63, 3.8) is 0 Å². The number of pyridine rings is 1. The summed E-state index contributed by atoms with van der Waals surface area (Å²) in [5.74, 6) is 0. The van der Waals surface area contributed by atoms with Gasteiger partial charge in [-0.25, -0.2) is 0 Å². The normalized spacial score (nSPS) is 12.5. The van der Waals surface area contributed by atoms with E-state index in [0.29, 0.717) is 0 Å². The monoisotopic (exact) mass is 467 g/mol. The van der Waals surface area contributed by atoms with Gasteiger partial charge in [-0.15, -0.1) is 0 Å². The zero-order valence-electron chi connectivity index (χ0n) is 11.1. The van der Waals surface area contributed by atoms with Crippen LogP contribution >= 0.6 is 47.8 Å². The fourth-order valence-corrected chi connectivity index (χ4v) is 4.63. The van der Waals surface area contributed by atoms with E-state index in [1.54, 1.807) is 0 Å². The van der Waals surface area contributed by atoms with Crippen molar-refractivity contribution in [3.8, 4) is 0 Å². The van der Waals surface area contributed by atoms with E-state index in [-0.39, 0.29) is 4.83 Å². The van der Waals surface area contributed by atoms with Gasteiger partial charge in [-0.1, -0.05) is 78.1 Å². The third-order valence-corrected chi connectivity index (χ3v) is 5.34. The Morgan fingerprint density at radius 2 is 1.76 bits per heavy atom. The standard InChI is InChI=1S/C17H12Br3N/c18-12-6-8-14(15(19)9-12)16(20)10-13-7-5-11-3-1-2-4-17(11)21-13/h1-9,16H,10H2. The minimum absolute atomic E-state index is 0.230. The van der Waals surface area contributed by atoms with Crippen LogP contribution in [0.1, 0.15) is 16.1 Å². The lowest BCUT2D eigenvalue weighted by atomic mass is 10.1. The van der Waals surface area contributed by atoms with Crippen LogP contribution in [0.4, 0.5) is 0 Å². The molecule has 1 atom stereocenters. The van der Waals surface area contributed by atoms with Crippen molar-refractivity contribution >= 4 is 58.7 Å². The van der Waals surface area contributed by atoms with Crippen LogP contribution in [0, 0.1) is 0 Å². The molecule has 2 aromatic carbocycles. The molecule has 1 aromatic heterocycles. The summed E-state index contributed by atoms with van der Waals surface area (Å²) in [6.45, 7) is 0. The topological polar surface area (TPSA) is 12.9 Å². The predicted molar refractivity (Wildman–Crippen MR) is 99.0 cm³/mol. The number of rotatable bonds is 3. The first kappa shape index (κ1) is 15.2. The molecule has 1 heterocycles. The van der Waals surface area contributed by atoms with Gasteiger partial charge in [0.1, 0.15) is 0 Å². The Bertz CT molecular complexity index is 786. The van der Waals surface area contributed by atoms with Crippen molar-refractivity contribution in [2.75, 3.05) is 0 Å². The van der Waals surface area contributed by atoms with Crippen molar-refractivity contribution < 1.29 is 0 Å². The highest BCUT2D eigenvalue weighted by atomic mass is 79.9. The molecule has 3 aromatic rings.